The molecular weight excluding hydrogens is 553 g/mol. The Morgan fingerprint density at radius 3 is 2.58 bits per heavy atom. The molecule has 40 heavy (non-hydrogen) atoms. The van der Waals surface area contributed by atoms with Crippen molar-refractivity contribution in [3.05, 3.63) is 83.3 Å². The predicted octanol–water partition coefficient (Wildman–Crippen LogP) is 3.67. The number of hydrogen-bond acceptors (Lipinski definition) is 9. The first-order valence-electron chi connectivity index (χ1n) is 11.7. The summed E-state index contributed by atoms with van der Waals surface area (Å²) in [5.41, 5.74) is 1.90. The summed E-state index contributed by atoms with van der Waals surface area (Å²) in [5.74, 6) is -0.336. The van der Waals surface area contributed by atoms with Gasteiger partial charge in [0, 0.05) is 49.3 Å². The van der Waals surface area contributed by atoms with Crippen molar-refractivity contribution in [2.24, 2.45) is 0 Å². The molecule has 0 aliphatic rings. The molecule has 5 aromatic rings. The summed E-state index contributed by atoms with van der Waals surface area (Å²) in [5, 5.41) is 31.3. The molecule has 0 radical (unpaired) electrons. The van der Waals surface area contributed by atoms with Crippen LogP contribution in [-0.4, -0.2) is 60.2 Å². The Morgan fingerprint density at radius 1 is 1.10 bits per heavy atom. The molecule has 206 valence electrons. The van der Waals surface area contributed by atoms with Crippen molar-refractivity contribution in [3.63, 3.8) is 0 Å². The van der Waals surface area contributed by atoms with E-state index in [1.807, 2.05) is 0 Å². The fourth-order valence-corrected chi connectivity index (χ4v) is 4.28. The third-order valence-electron chi connectivity index (χ3n) is 6.01. The van der Waals surface area contributed by atoms with E-state index in [9.17, 15) is 14.0 Å². The SMILES string of the molecule is CNc1ncc(-c2cnn([C@@H](CCOC(F)F)c3ccc(-c4c(-n5cnnn5)ccc(Cl)c4F)c[n+]3[O-])c2)cn1. The number of tetrazole rings is 1. The van der Waals surface area contributed by atoms with E-state index in [0.717, 1.165) is 6.20 Å². The zero-order valence-corrected chi connectivity index (χ0v) is 21.5. The van der Waals surface area contributed by atoms with Gasteiger partial charge < -0.3 is 15.3 Å². The van der Waals surface area contributed by atoms with Crippen LogP contribution < -0.4 is 10.0 Å². The van der Waals surface area contributed by atoms with Crippen LogP contribution in [0.4, 0.5) is 19.1 Å². The van der Waals surface area contributed by atoms with E-state index in [1.54, 1.807) is 31.8 Å². The molecule has 1 N–H and O–H groups in total. The van der Waals surface area contributed by atoms with E-state index in [2.05, 4.69) is 40.6 Å². The van der Waals surface area contributed by atoms with E-state index in [0.29, 0.717) is 21.8 Å². The summed E-state index contributed by atoms with van der Waals surface area (Å²) in [6.45, 7) is -3.33. The zero-order valence-electron chi connectivity index (χ0n) is 20.7. The maximum absolute atomic E-state index is 15.2. The van der Waals surface area contributed by atoms with E-state index in [4.69, 9.17) is 11.6 Å². The molecule has 0 aliphatic heterocycles. The molecule has 1 aromatic carbocycles. The highest BCUT2D eigenvalue weighted by Crippen LogP contribution is 2.33. The highest BCUT2D eigenvalue weighted by Gasteiger charge is 2.26. The van der Waals surface area contributed by atoms with Crippen LogP contribution in [-0.2, 0) is 4.74 Å². The minimum Gasteiger partial charge on any atom is -0.618 e. The van der Waals surface area contributed by atoms with Crippen LogP contribution in [0.25, 0.3) is 27.9 Å². The molecule has 0 saturated heterocycles. The second-order valence-electron chi connectivity index (χ2n) is 8.37. The number of benzene rings is 1. The van der Waals surface area contributed by atoms with E-state index in [-0.39, 0.29) is 40.6 Å². The number of ether oxygens (including phenoxy) is 1. The van der Waals surface area contributed by atoms with Crippen LogP contribution in [0.3, 0.4) is 0 Å². The molecule has 4 aromatic heterocycles. The Balaban J connectivity index is 1.52. The van der Waals surface area contributed by atoms with Gasteiger partial charge in [-0.3, -0.25) is 4.68 Å². The van der Waals surface area contributed by atoms with Gasteiger partial charge in [0.25, 0.3) is 0 Å². The molecule has 0 fully saturated rings. The number of pyridine rings is 1. The van der Waals surface area contributed by atoms with Crippen molar-refractivity contribution in [1.29, 1.82) is 0 Å². The third-order valence-corrected chi connectivity index (χ3v) is 6.30. The average molecular weight is 573 g/mol. The summed E-state index contributed by atoms with van der Waals surface area (Å²) in [6, 6.07) is 5.04. The summed E-state index contributed by atoms with van der Waals surface area (Å²) < 4.78 is 48.3. The van der Waals surface area contributed by atoms with Crippen LogP contribution in [0, 0.1) is 11.0 Å². The lowest BCUT2D eigenvalue weighted by Gasteiger charge is -2.18. The maximum atomic E-state index is 15.2. The number of halogens is 4. The Kier molecular flexibility index (Phi) is 7.84. The zero-order chi connectivity index (χ0) is 28.2. The Bertz CT molecular complexity index is 1600. The lowest BCUT2D eigenvalue weighted by atomic mass is 10.0. The summed E-state index contributed by atoms with van der Waals surface area (Å²) in [7, 11) is 1.69. The smallest absolute Gasteiger partial charge is 0.345 e. The molecule has 16 heteroatoms. The van der Waals surface area contributed by atoms with Gasteiger partial charge in [-0.25, -0.2) is 14.4 Å². The first-order chi connectivity index (χ1) is 19.4. The van der Waals surface area contributed by atoms with Crippen molar-refractivity contribution in [2.75, 3.05) is 19.0 Å². The normalized spacial score (nSPS) is 12.2. The number of anilines is 1. The molecule has 0 aliphatic carbocycles. The molecule has 0 spiro atoms. The van der Waals surface area contributed by atoms with Gasteiger partial charge in [0.2, 0.25) is 11.6 Å². The molecule has 0 amide bonds. The topological polar surface area (TPSA) is 135 Å². The quantitative estimate of drug-likeness (QED) is 0.196. The third kappa shape index (κ3) is 5.55. The van der Waals surface area contributed by atoms with Crippen LogP contribution in [0.15, 0.2) is 61.6 Å². The molecule has 4 heterocycles. The number of aromatic nitrogens is 9. The molecule has 0 bridgehead atoms. The lowest BCUT2D eigenvalue weighted by molar-refractivity contribution is -0.615. The fourth-order valence-electron chi connectivity index (χ4n) is 4.12. The predicted molar refractivity (Wildman–Crippen MR) is 136 cm³/mol. The van der Waals surface area contributed by atoms with Crippen LogP contribution in [0.5, 0.6) is 0 Å². The number of nitrogens with zero attached hydrogens (tertiary/aromatic N) is 9. The largest absolute Gasteiger partial charge is 0.618 e. The average Bonchev–Trinajstić information content (AvgIpc) is 3.66. The van der Waals surface area contributed by atoms with Crippen molar-refractivity contribution in [3.8, 4) is 27.9 Å². The van der Waals surface area contributed by atoms with Gasteiger partial charge in [-0.15, -0.1) is 5.10 Å². The highest BCUT2D eigenvalue weighted by atomic mass is 35.5. The molecule has 0 saturated carbocycles. The molecule has 1 atom stereocenters. The standard InChI is InChI=1S/C24H20ClF3N10O2/c1-29-24-30-8-15(9-31-24)16-10-33-36(11-16)18(6-7-40-23(27)28)19-4-2-14(12-38(19)39)21-20(37-13-32-34-35-37)5-3-17(25)22(21)26/h2-5,8-13,18,23H,6-7H2,1H3,(H,29,30,31)/t18-/m0/s1. The number of rotatable bonds is 10. The van der Waals surface area contributed by atoms with Gasteiger partial charge in [0.05, 0.1) is 34.6 Å². The summed E-state index contributed by atoms with van der Waals surface area (Å²) in [4.78, 5) is 8.35. The van der Waals surface area contributed by atoms with Gasteiger partial charge >= 0.3 is 6.61 Å². The summed E-state index contributed by atoms with van der Waals surface area (Å²) >= 11 is 6.03. The maximum Gasteiger partial charge on any atom is 0.345 e. The lowest BCUT2D eigenvalue weighted by Crippen LogP contribution is -2.36. The number of nitrogens with one attached hydrogen (secondary N) is 1. The monoisotopic (exact) mass is 572 g/mol. The first-order valence-corrected chi connectivity index (χ1v) is 12.1. The number of alkyl halides is 2. The second kappa shape index (κ2) is 11.6. The summed E-state index contributed by atoms with van der Waals surface area (Å²) in [6.07, 6.45) is 8.81. The molecule has 5 rings (SSSR count). The van der Waals surface area contributed by atoms with Crippen LogP contribution >= 0.6 is 11.6 Å². The van der Waals surface area contributed by atoms with Gasteiger partial charge in [0.1, 0.15) is 12.4 Å². The van der Waals surface area contributed by atoms with Crippen molar-refractivity contribution < 1.29 is 22.6 Å². The number of hydrogen-bond donors (Lipinski definition) is 1. The Morgan fingerprint density at radius 2 is 1.90 bits per heavy atom. The molecule has 0 unspecified atom stereocenters. The van der Waals surface area contributed by atoms with Crippen molar-refractivity contribution in [1.82, 2.24) is 40.0 Å². The fraction of sp³-hybridized carbons (Fsp3) is 0.208. The van der Waals surface area contributed by atoms with Crippen LogP contribution in [0.1, 0.15) is 18.2 Å². The Labute approximate surface area is 229 Å². The van der Waals surface area contributed by atoms with Crippen molar-refractivity contribution in [2.45, 2.75) is 19.1 Å². The van der Waals surface area contributed by atoms with Crippen LogP contribution in [0.2, 0.25) is 5.02 Å². The van der Waals surface area contributed by atoms with Gasteiger partial charge in [0.15, 0.2) is 12.0 Å². The van der Waals surface area contributed by atoms with Gasteiger partial charge in [-0.2, -0.15) is 23.3 Å². The highest BCUT2D eigenvalue weighted by molar-refractivity contribution is 6.31. The minimum absolute atomic E-state index is 0.0000694. The molecular formula is C24H20ClF3N10O2. The van der Waals surface area contributed by atoms with Gasteiger partial charge in [-0.1, -0.05) is 11.6 Å². The van der Waals surface area contributed by atoms with E-state index in [1.165, 1.54) is 40.0 Å². The second-order valence-corrected chi connectivity index (χ2v) is 8.78. The van der Waals surface area contributed by atoms with Crippen molar-refractivity contribution >= 4 is 17.5 Å². The van der Waals surface area contributed by atoms with E-state index >= 15 is 4.39 Å². The molecule has 12 nitrogen and oxygen atoms in total. The Hall–Kier alpha value is -4.63. The first kappa shape index (κ1) is 27.0. The van der Waals surface area contributed by atoms with E-state index < -0.39 is 18.5 Å². The van der Waals surface area contributed by atoms with Gasteiger partial charge in [-0.05, 0) is 28.6 Å². The minimum atomic E-state index is -2.98.